The molecule has 21 heavy (non-hydrogen) atoms. The fourth-order valence-electron chi connectivity index (χ4n) is 3.39. The van der Waals surface area contributed by atoms with Crippen LogP contribution >= 0.6 is 0 Å². The van der Waals surface area contributed by atoms with E-state index in [-0.39, 0.29) is 24.2 Å². The Hall–Kier alpha value is -1.73. The number of amides is 2. The van der Waals surface area contributed by atoms with Gasteiger partial charge in [0, 0.05) is 37.7 Å². The quantitative estimate of drug-likeness (QED) is 0.861. The van der Waals surface area contributed by atoms with Gasteiger partial charge < -0.3 is 15.4 Å². The van der Waals surface area contributed by atoms with Gasteiger partial charge in [0.05, 0.1) is 18.2 Å². The predicted molar refractivity (Wildman–Crippen MR) is 76.3 cm³/mol. The summed E-state index contributed by atoms with van der Waals surface area (Å²) in [6.45, 7) is 2.10. The molecule has 3 rings (SSSR count). The number of hydrogen-bond donors (Lipinski definition) is 1. The van der Waals surface area contributed by atoms with Gasteiger partial charge in [0.25, 0.3) is 0 Å². The Morgan fingerprint density at radius 1 is 1.52 bits per heavy atom. The highest BCUT2D eigenvalue weighted by Gasteiger charge is 2.46. The standard InChI is InChI=1S/C14H21N5O2/c1-18(7-10-5-16-9-17-6-10)12-8-19(14(15)20)11-3-2-4-21-13(11)12/h5-6,9,11-13H,2-4,7-8H2,1H3,(H2,15,20)/t11-,12-,13+/m1/s1. The van der Waals surface area contributed by atoms with E-state index in [4.69, 9.17) is 10.5 Å². The van der Waals surface area contributed by atoms with Gasteiger partial charge in [-0.1, -0.05) is 0 Å². The summed E-state index contributed by atoms with van der Waals surface area (Å²) in [6.07, 6.45) is 7.13. The molecule has 2 aliphatic heterocycles. The lowest BCUT2D eigenvalue weighted by molar-refractivity contribution is -0.0340. The molecular weight excluding hydrogens is 270 g/mol. The number of nitrogens with two attached hydrogens (primary N) is 1. The molecular formula is C14H21N5O2. The third-order valence-electron chi connectivity index (χ3n) is 4.39. The monoisotopic (exact) mass is 291 g/mol. The van der Waals surface area contributed by atoms with Crippen LogP contribution in [0, 0.1) is 0 Å². The molecule has 0 bridgehead atoms. The number of aromatic nitrogens is 2. The first-order valence-corrected chi connectivity index (χ1v) is 7.28. The maximum atomic E-state index is 11.6. The summed E-state index contributed by atoms with van der Waals surface area (Å²) in [4.78, 5) is 23.7. The highest BCUT2D eigenvalue weighted by Crippen LogP contribution is 2.31. The summed E-state index contributed by atoms with van der Waals surface area (Å²) >= 11 is 0. The number of likely N-dealkylation sites (N-methyl/N-ethyl adjacent to an activating group) is 1. The van der Waals surface area contributed by atoms with E-state index < -0.39 is 0 Å². The summed E-state index contributed by atoms with van der Waals surface area (Å²) < 4.78 is 5.93. The van der Waals surface area contributed by atoms with Crippen LogP contribution in [0.5, 0.6) is 0 Å². The lowest BCUT2D eigenvalue weighted by atomic mass is 10.00. The zero-order valence-corrected chi connectivity index (χ0v) is 12.2. The molecule has 0 aliphatic carbocycles. The zero-order valence-electron chi connectivity index (χ0n) is 12.2. The number of nitrogens with zero attached hydrogens (tertiary/aromatic N) is 4. The van der Waals surface area contributed by atoms with E-state index >= 15 is 0 Å². The molecule has 3 heterocycles. The van der Waals surface area contributed by atoms with Crippen molar-refractivity contribution in [1.82, 2.24) is 19.8 Å². The number of rotatable bonds is 3. The molecule has 0 aromatic carbocycles. The topological polar surface area (TPSA) is 84.6 Å². The number of carbonyl (C=O) groups excluding carboxylic acids is 1. The molecule has 2 amide bonds. The van der Waals surface area contributed by atoms with Crippen LogP contribution in [0.3, 0.4) is 0 Å². The van der Waals surface area contributed by atoms with Crippen LogP contribution in [0.4, 0.5) is 4.79 Å². The van der Waals surface area contributed by atoms with Gasteiger partial charge in [-0.2, -0.15) is 0 Å². The van der Waals surface area contributed by atoms with Crippen molar-refractivity contribution >= 4 is 6.03 Å². The van der Waals surface area contributed by atoms with Gasteiger partial charge in [-0.25, -0.2) is 14.8 Å². The zero-order chi connectivity index (χ0) is 14.8. The van der Waals surface area contributed by atoms with E-state index in [1.54, 1.807) is 4.90 Å². The molecule has 2 aliphatic rings. The van der Waals surface area contributed by atoms with Gasteiger partial charge in [-0.05, 0) is 19.9 Å². The predicted octanol–water partition coefficient (Wildman–Crippen LogP) is 0.219. The van der Waals surface area contributed by atoms with Crippen molar-refractivity contribution in [1.29, 1.82) is 0 Å². The maximum Gasteiger partial charge on any atom is 0.315 e. The maximum absolute atomic E-state index is 11.6. The Balaban J connectivity index is 1.73. The molecule has 0 spiro atoms. The van der Waals surface area contributed by atoms with Gasteiger partial charge in [0.1, 0.15) is 6.33 Å². The Bertz CT molecular complexity index is 497. The second-order valence-corrected chi connectivity index (χ2v) is 5.76. The SMILES string of the molecule is CN(Cc1cncnc1)[C@@H]1CN(C(N)=O)[C@@H]2CCCO[C@H]12. The molecule has 7 heteroatoms. The van der Waals surface area contributed by atoms with E-state index in [1.807, 2.05) is 19.4 Å². The minimum Gasteiger partial charge on any atom is -0.374 e. The minimum absolute atomic E-state index is 0.0425. The van der Waals surface area contributed by atoms with E-state index in [9.17, 15) is 4.79 Å². The van der Waals surface area contributed by atoms with E-state index in [1.165, 1.54) is 6.33 Å². The lowest BCUT2D eigenvalue weighted by Gasteiger charge is -2.34. The smallest absolute Gasteiger partial charge is 0.315 e. The third kappa shape index (κ3) is 2.84. The van der Waals surface area contributed by atoms with Crippen molar-refractivity contribution in [2.24, 2.45) is 5.73 Å². The van der Waals surface area contributed by atoms with Crippen molar-refractivity contribution in [2.75, 3.05) is 20.2 Å². The van der Waals surface area contributed by atoms with E-state index in [0.717, 1.165) is 31.6 Å². The first-order chi connectivity index (χ1) is 10.2. The Morgan fingerprint density at radius 2 is 2.29 bits per heavy atom. The highest BCUT2D eigenvalue weighted by atomic mass is 16.5. The van der Waals surface area contributed by atoms with Crippen molar-refractivity contribution in [3.05, 3.63) is 24.3 Å². The van der Waals surface area contributed by atoms with Crippen molar-refractivity contribution in [3.8, 4) is 0 Å². The normalized spacial score (nSPS) is 28.7. The summed E-state index contributed by atoms with van der Waals surface area (Å²) in [6, 6.07) is -0.0897. The molecule has 2 saturated heterocycles. The Kier molecular flexibility index (Phi) is 4.03. The second-order valence-electron chi connectivity index (χ2n) is 5.76. The molecule has 1 aromatic rings. The fraction of sp³-hybridized carbons (Fsp3) is 0.643. The van der Waals surface area contributed by atoms with Crippen molar-refractivity contribution in [3.63, 3.8) is 0 Å². The number of ether oxygens (including phenoxy) is 1. The molecule has 0 radical (unpaired) electrons. The summed E-state index contributed by atoms with van der Waals surface area (Å²) in [5, 5.41) is 0. The number of carbonyl (C=O) groups is 1. The molecule has 1 aromatic heterocycles. The molecule has 2 N–H and O–H groups in total. The van der Waals surface area contributed by atoms with Gasteiger partial charge in [0.2, 0.25) is 0 Å². The van der Waals surface area contributed by atoms with E-state index in [2.05, 4.69) is 14.9 Å². The van der Waals surface area contributed by atoms with Crippen LogP contribution in [-0.2, 0) is 11.3 Å². The molecule has 0 unspecified atom stereocenters. The first kappa shape index (κ1) is 14.2. The Labute approximate surface area is 124 Å². The number of fused-ring (bicyclic) bond motifs is 1. The largest absolute Gasteiger partial charge is 0.374 e. The fourth-order valence-corrected chi connectivity index (χ4v) is 3.39. The summed E-state index contributed by atoms with van der Waals surface area (Å²) in [7, 11) is 2.04. The van der Waals surface area contributed by atoms with Gasteiger partial charge in [-0.15, -0.1) is 0 Å². The number of hydrogen-bond acceptors (Lipinski definition) is 5. The van der Waals surface area contributed by atoms with Crippen LogP contribution in [0.2, 0.25) is 0 Å². The number of urea groups is 1. The molecule has 0 saturated carbocycles. The average molecular weight is 291 g/mol. The lowest BCUT2D eigenvalue weighted by Crippen LogP contribution is -2.47. The first-order valence-electron chi connectivity index (χ1n) is 7.28. The van der Waals surface area contributed by atoms with Crippen LogP contribution < -0.4 is 5.73 Å². The molecule has 114 valence electrons. The summed E-state index contributed by atoms with van der Waals surface area (Å²) in [5.41, 5.74) is 6.56. The Morgan fingerprint density at radius 3 is 3.00 bits per heavy atom. The average Bonchev–Trinajstić information content (AvgIpc) is 2.88. The van der Waals surface area contributed by atoms with Gasteiger partial charge >= 0.3 is 6.03 Å². The number of primary amides is 1. The van der Waals surface area contributed by atoms with Crippen molar-refractivity contribution in [2.45, 2.75) is 37.6 Å². The van der Waals surface area contributed by atoms with Crippen LogP contribution in [-0.4, -0.2) is 64.2 Å². The van der Waals surface area contributed by atoms with Gasteiger partial charge in [0.15, 0.2) is 0 Å². The number of likely N-dealkylation sites (tertiary alicyclic amines) is 1. The molecule has 2 fully saturated rings. The minimum atomic E-state index is -0.352. The molecule has 3 atom stereocenters. The summed E-state index contributed by atoms with van der Waals surface area (Å²) in [5.74, 6) is 0. The van der Waals surface area contributed by atoms with Crippen molar-refractivity contribution < 1.29 is 9.53 Å². The van der Waals surface area contributed by atoms with Gasteiger partial charge in [-0.3, -0.25) is 4.90 Å². The van der Waals surface area contributed by atoms with Crippen LogP contribution in [0.1, 0.15) is 18.4 Å². The van der Waals surface area contributed by atoms with E-state index in [0.29, 0.717) is 6.54 Å². The highest BCUT2D eigenvalue weighted by molar-refractivity contribution is 5.73. The third-order valence-corrected chi connectivity index (χ3v) is 4.39. The van der Waals surface area contributed by atoms with Crippen LogP contribution in [0.15, 0.2) is 18.7 Å². The molecule has 7 nitrogen and oxygen atoms in total. The second kappa shape index (κ2) is 5.95. The van der Waals surface area contributed by atoms with Crippen LogP contribution in [0.25, 0.3) is 0 Å².